The molecule has 2 aliphatic heterocycles. The van der Waals surface area contributed by atoms with Crippen LogP contribution < -0.4 is 61.5 Å². The molecule has 6 heterocycles. The summed E-state index contributed by atoms with van der Waals surface area (Å²) in [7, 11) is 15.4. The van der Waals surface area contributed by atoms with E-state index in [1.54, 1.807) is 12.1 Å². The molecule has 4 aromatic heterocycles. The lowest BCUT2D eigenvalue weighted by Gasteiger charge is -2.39. The number of allylic oxidation sites excluding steroid dienone is 6. The number of nitrogens with two attached hydrogens (primary N) is 2. The van der Waals surface area contributed by atoms with E-state index in [4.69, 9.17) is 20.9 Å². The minimum atomic E-state index is -2.04. The number of aromatic nitrogens is 8. The molecule has 24 heteroatoms. The summed E-state index contributed by atoms with van der Waals surface area (Å²) in [5, 5.41) is 11.6. The van der Waals surface area contributed by atoms with Crippen LogP contribution in [0.1, 0.15) is 81.1 Å². The largest absolute Gasteiger partial charge is 0.471 e. The van der Waals surface area contributed by atoms with Crippen molar-refractivity contribution in [2.24, 2.45) is 0 Å². The number of aryl methyl sites for hydroxylation is 1. The number of rotatable bonds is 19. The predicted molar refractivity (Wildman–Crippen MR) is 406 cm³/mol. The second-order valence-electron chi connectivity index (χ2n) is 27.2. The fourth-order valence-electron chi connectivity index (χ4n) is 13.2. The molecule has 0 saturated heterocycles. The van der Waals surface area contributed by atoms with E-state index in [1.165, 1.54) is 65.6 Å². The molecule has 12 N–H and O–H groups in total. The van der Waals surface area contributed by atoms with Crippen LogP contribution in [-0.4, -0.2) is 150 Å². The monoisotopic (exact) mass is 1400 g/mol. The fourth-order valence-corrected chi connectivity index (χ4v) is 17.8. The van der Waals surface area contributed by atoms with Crippen LogP contribution in [0.25, 0.3) is 33.5 Å². The number of hydrogen-bond donors (Lipinski definition) is 8. The molecule has 6 aromatic carbocycles. The molecule has 102 heavy (non-hydrogen) atoms. The predicted octanol–water partition coefficient (Wildman–Crippen LogP) is 5.71. The highest BCUT2D eigenvalue weighted by molar-refractivity contribution is 6.97. The summed E-state index contributed by atoms with van der Waals surface area (Å²) >= 11 is 0. The van der Waals surface area contributed by atoms with Gasteiger partial charge in [-0.1, -0.05) is 98.0 Å². The number of hydrogen-bond acceptors (Lipinski definition) is 15. The number of quaternary nitrogens is 2. The van der Waals surface area contributed by atoms with Crippen LogP contribution in [0.2, 0.25) is 13.1 Å². The lowest BCUT2D eigenvalue weighted by atomic mass is 9.86. The second kappa shape index (κ2) is 29.4. The minimum Gasteiger partial charge on any atom is -0.471 e. The van der Waals surface area contributed by atoms with Crippen molar-refractivity contribution in [3.8, 4) is 11.8 Å². The van der Waals surface area contributed by atoms with Crippen LogP contribution in [-0.2, 0) is 26.3 Å². The maximum absolute atomic E-state index is 13.7. The molecular formula is C78H84N16O6Si2+2. The SMILES string of the molecule is CN(C)c1ccc2c(c1)[Si]C1=CC([NH+](C)C)C=CC1=C2c1cc(C(=O)NCc2ccc(COc3nc(N)nc4nc[nH]c34)cc2)ccc1C=O.Cc1ccc(C(=O)NCc2ccc(COc3nc(N)nc4nc[nH]c34)cc2)cc1C1=C2C=CC([NH+](C)C)C=C2[Si](C)(C)c2cc(N(C)C)ccc21.O. The Labute approximate surface area is 595 Å². The number of nitrogens with zero attached hydrogens (tertiary/aromatic N) is 8. The van der Waals surface area contributed by atoms with Crippen molar-refractivity contribution in [1.29, 1.82) is 0 Å². The molecular weight excluding hydrogens is 1310 g/mol. The van der Waals surface area contributed by atoms with Gasteiger partial charge in [0.15, 0.2) is 17.6 Å². The van der Waals surface area contributed by atoms with E-state index in [1.807, 2.05) is 74.8 Å². The number of aldehydes is 1. The van der Waals surface area contributed by atoms with E-state index in [0.29, 0.717) is 86.0 Å². The highest BCUT2D eigenvalue weighted by atomic mass is 28.3. The van der Waals surface area contributed by atoms with E-state index in [0.717, 1.165) is 67.6 Å². The Hall–Kier alpha value is -11.4. The Kier molecular flexibility index (Phi) is 20.3. The normalized spacial score (nSPS) is 15.5. The van der Waals surface area contributed by atoms with Gasteiger partial charge in [-0.2, -0.15) is 19.9 Å². The van der Waals surface area contributed by atoms with E-state index in [-0.39, 0.29) is 41.8 Å². The molecule has 0 bridgehead atoms. The number of ether oxygens (including phenoxy) is 2. The summed E-state index contributed by atoms with van der Waals surface area (Å²) in [6, 6.07) is 41.0. The van der Waals surface area contributed by atoms with Gasteiger partial charge in [0.05, 0.1) is 40.8 Å². The molecule has 518 valence electrons. The Bertz CT molecular complexity index is 5110. The number of fused-ring (bicyclic) bond motifs is 6. The Morgan fingerprint density at radius 2 is 1.09 bits per heavy atom. The van der Waals surface area contributed by atoms with Crippen molar-refractivity contribution in [2.75, 3.05) is 77.6 Å². The van der Waals surface area contributed by atoms with Gasteiger partial charge in [0.1, 0.15) is 53.9 Å². The molecule has 0 saturated carbocycles. The smallest absolute Gasteiger partial charge is 0.251 e. The summed E-state index contributed by atoms with van der Waals surface area (Å²) < 4.78 is 11.8. The van der Waals surface area contributed by atoms with E-state index >= 15 is 0 Å². The third-order valence-corrected chi connectivity index (χ3v) is 23.9. The summed E-state index contributed by atoms with van der Waals surface area (Å²) in [5.41, 5.74) is 31.4. The zero-order valence-corrected chi connectivity index (χ0v) is 61.0. The first-order chi connectivity index (χ1) is 48.6. The topological polar surface area (TPSA) is 302 Å². The van der Waals surface area contributed by atoms with Crippen molar-refractivity contribution in [2.45, 2.75) is 58.4 Å². The fraction of sp³-hybridized carbons (Fsp3) is 0.218. The van der Waals surface area contributed by atoms with Crippen molar-refractivity contribution < 1.29 is 39.1 Å². The number of H-pyrrole nitrogens is 2. The van der Waals surface area contributed by atoms with Gasteiger partial charge in [-0.25, -0.2) is 9.97 Å². The first-order valence-corrected chi connectivity index (χ1v) is 37.5. The maximum Gasteiger partial charge on any atom is 0.251 e. The first-order valence-electron chi connectivity index (χ1n) is 33.5. The quantitative estimate of drug-likeness (QED) is 0.0355. The molecule has 2 atom stereocenters. The number of anilines is 4. The molecule has 10 aromatic rings. The molecule has 0 spiro atoms. The number of imidazole rings is 2. The molecule has 0 fully saturated rings. The van der Waals surface area contributed by atoms with Gasteiger partial charge in [0.2, 0.25) is 23.7 Å². The second-order valence-corrected chi connectivity index (χ2v) is 32.8. The van der Waals surface area contributed by atoms with Crippen molar-refractivity contribution in [3.05, 3.63) is 259 Å². The van der Waals surface area contributed by atoms with Gasteiger partial charge in [-0.3, -0.25) is 14.4 Å². The number of benzene rings is 6. The van der Waals surface area contributed by atoms with Gasteiger partial charge in [0, 0.05) is 69.3 Å². The summed E-state index contributed by atoms with van der Waals surface area (Å²) in [4.78, 5) is 77.4. The van der Waals surface area contributed by atoms with Crippen LogP contribution in [0.3, 0.4) is 0 Å². The van der Waals surface area contributed by atoms with Crippen LogP contribution >= 0.6 is 0 Å². The van der Waals surface area contributed by atoms with Gasteiger partial charge in [-0.15, -0.1) is 0 Å². The van der Waals surface area contributed by atoms with Crippen LogP contribution in [0.4, 0.5) is 23.3 Å². The maximum atomic E-state index is 13.7. The number of nitrogens with one attached hydrogen (secondary N) is 6. The average Bonchev–Trinajstić information content (AvgIpc) is 0.879. The molecule has 22 nitrogen and oxygen atoms in total. The molecule has 2 unspecified atom stereocenters. The highest BCUT2D eigenvalue weighted by Crippen LogP contribution is 2.44. The third-order valence-electron chi connectivity index (χ3n) is 19.0. The number of likely N-dealkylation sites (N-methyl/N-ethyl adjacent to an activating group) is 2. The van der Waals surface area contributed by atoms with E-state index in [2.05, 4.69) is 208 Å². The number of nitrogen functional groups attached to an aromatic ring is 2. The summed E-state index contributed by atoms with van der Waals surface area (Å²) in [5.74, 6) is 0.543. The Morgan fingerprint density at radius 3 is 1.63 bits per heavy atom. The minimum absolute atomic E-state index is 0. The van der Waals surface area contributed by atoms with Crippen molar-refractivity contribution in [3.63, 3.8) is 0 Å². The lowest BCUT2D eigenvalue weighted by molar-refractivity contribution is -0.871. The van der Waals surface area contributed by atoms with Crippen LogP contribution in [0, 0.1) is 6.92 Å². The molecule has 14 rings (SSSR count). The number of carbonyl (C=O) groups excluding carboxylic acids is 3. The van der Waals surface area contributed by atoms with Gasteiger partial charge in [-0.05, 0) is 173 Å². The number of aromatic amines is 2. The summed E-state index contributed by atoms with van der Waals surface area (Å²) in [6.07, 6.45) is 17.8. The number of carbonyl (C=O) groups is 3. The summed E-state index contributed by atoms with van der Waals surface area (Å²) in [6.45, 7) is 8.37. The average molecular weight is 1400 g/mol. The first kappa shape index (κ1) is 70.4. The lowest BCUT2D eigenvalue weighted by Crippen LogP contribution is -3.09. The van der Waals surface area contributed by atoms with Crippen LogP contribution in [0.15, 0.2) is 192 Å². The molecule has 2 amide bonds. The van der Waals surface area contributed by atoms with Crippen molar-refractivity contribution in [1.82, 2.24) is 50.5 Å². The molecule has 4 aliphatic rings. The van der Waals surface area contributed by atoms with Crippen LogP contribution in [0.5, 0.6) is 11.8 Å². The van der Waals surface area contributed by atoms with Gasteiger partial charge >= 0.3 is 0 Å². The highest BCUT2D eigenvalue weighted by Gasteiger charge is 2.41. The van der Waals surface area contributed by atoms with Gasteiger partial charge < -0.3 is 66.6 Å². The molecule has 2 radical (unpaired) electrons. The van der Waals surface area contributed by atoms with Crippen molar-refractivity contribution >= 4 is 103 Å². The Morgan fingerprint density at radius 1 is 0.598 bits per heavy atom. The van der Waals surface area contributed by atoms with Gasteiger partial charge in [0.25, 0.3) is 11.8 Å². The zero-order valence-electron chi connectivity index (χ0n) is 59.0. The molecule has 2 aliphatic carbocycles. The third kappa shape index (κ3) is 14.5. The number of amides is 2. The van der Waals surface area contributed by atoms with E-state index < -0.39 is 8.07 Å². The Balaban J connectivity index is 0.000000191. The standard InChI is InChI=1S/C40H44N8O2Si.C38H36N8O3Si.H2O/c1-24-8-13-27(38(49)42-21-25-9-11-26(12-10-25)22-50-39-36-37(44-23-43-36)45-40(41)46-39)18-32(24)35-30-16-14-28(47(2)3)19-33(30)51(6,7)34-20-29(48(4)5)15-17-31(34)35;1-45(2)26-11-13-28-31(16-26)50-32-17-27(46(3)4)12-14-29(32)33(28)30-15-24(9-10-25(30)19-47)36(48)40-18-22-5-7-23(8-6-22)20-49-37-34-35(42-21-41-34)43-38(39)44-37;/h8-20,23,28H,21-22H2,1-7H3,(H,42,49)(H3,41,43,44,45,46);5-17,19,21,26H,18,20H2,1-4H3,(H,40,48)(H3,39,41,42,43,44);1H2/p+2. The van der Waals surface area contributed by atoms with E-state index in [9.17, 15) is 14.4 Å². The zero-order chi connectivity index (χ0) is 71.0.